The SMILES string of the molecule is COc1ccc(C(C#N)=Cc2ccccn2)cc1OC. The first-order valence-electron chi connectivity index (χ1n) is 6.03. The van der Waals surface area contributed by atoms with E-state index in [0.29, 0.717) is 17.1 Å². The van der Waals surface area contributed by atoms with Gasteiger partial charge in [0, 0.05) is 6.20 Å². The molecule has 0 saturated heterocycles. The van der Waals surface area contributed by atoms with Gasteiger partial charge < -0.3 is 9.47 Å². The highest BCUT2D eigenvalue weighted by Crippen LogP contribution is 2.30. The van der Waals surface area contributed by atoms with Gasteiger partial charge in [0.2, 0.25) is 0 Å². The van der Waals surface area contributed by atoms with Gasteiger partial charge in [-0.15, -0.1) is 0 Å². The number of pyridine rings is 1. The van der Waals surface area contributed by atoms with Crippen LogP contribution in [0, 0.1) is 11.3 Å². The van der Waals surface area contributed by atoms with Crippen LogP contribution in [0.15, 0.2) is 42.6 Å². The summed E-state index contributed by atoms with van der Waals surface area (Å²) in [5, 5.41) is 9.31. The van der Waals surface area contributed by atoms with E-state index in [9.17, 15) is 5.26 Å². The van der Waals surface area contributed by atoms with Crippen LogP contribution >= 0.6 is 0 Å². The molecule has 0 atom stereocenters. The lowest BCUT2D eigenvalue weighted by Gasteiger charge is -2.09. The largest absolute Gasteiger partial charge is 0.493 e. The third-order valence-corrected chi connectivity index (χ3v) is 2.79. The van der Waals surface area contributed by atoms with Crippen molar-refractivity contribution in [1.82, 2.24) is 4.98 Å². The molecule has 0 radical (unpaired) electrons. The molecule has 1 aromatic heterocycles. The van der Waals surface area contributed by atoms with Gasteiger partial charge in [-0.1, -0.05) is 6.07 Å². The number of hydrogen-bond donors (Lipinski definition) is 0. The quantitative estimate of drug-likeness (QED) is 0.798. The number of hydrogen-bond acceptors (Lipinski definition) is 4. The smallest absolute Gasteiger partial charge is 0.161 e. The van der Waals surface area contributed by atoms with Gasteiger partial charge in [-0.2, -0.15) is 5.26 Å². The highest BCUT2D eigenvalue weighted by Gasteiger charge is 2.08. The summed E-state index contributed by atoms with van der Waals surface area (Å²) < 4.78 is 10.4. The third kappa shape index (κ3) is 2.96. The molecule has 100 valence electrons. The van der Waals surface area contributed by atoms with Crippen LogP contribution in [0.4, 0.5) is 0 Å². The fourth-order valence-corrected chi connectivity index (χ4v) is 1.79. The van der Waals surface area contributed by atoms with Crippen molar-refractivity contribution < 1.29 is 9.47 Å². The zero-order valence-corrected chi connectivity index (χ0v) is 11.3. The molecular weight excluding hydrogens is 252 g/mol. The molecule has 2 rings (SSSR count). The second kappa shape index (κ2) is 6.39. The highest BCUT2D eigenvalue weighted by atomic mass is 16.5. The Balaban J connectivity index is 2.43. The van der Waals surface area contributed by atoms with E-state index < -0.39 is 0 Å². The molecule has 0 saturated carbocycles. The van der Waals surface area contributed by atoms with E-state index in [-0.39, 0.29) is 0 Å². The number of rotatable bonds is 4. The van der Waals surface area contributed by atoms with E-state index in [1.165, 1.54) is 0 Å². The van der Waals surface area contributed by atoms with Crippen molar-refractivity contribution in [2.75, 3.05) is 14.2 Å². The standard InChI is InChI=1S/C16H14N2O2/c1-19-15-7-6-12(10-16(15)20-2)13(11-17)9-14-5-3-4-8-18-14/h3-10H,1-2H3. The monoisotopic (exact) mass is 266 g/mol. The van der Waals surface area contributed by atoms with Crippen molar-refractivity contribution in [2.45, 2.75) is 0 Å². The molecule has 1 heterocycles. The molecule has 0 N–H and O–H groups in total. The normalized spacial score (nSPS) is 10.8. The number of nitrogens with zero attached hydrogens (tertiary/aromatic N) is 2. The second-order valence-electron chi connectivity index (χ2n) is 3.99. The molecule has 0 amide bonds. The van der Waals surface area contributed by atoms with E-state index >= 15 is 0 Å². The number of aromatic nitrogens is 1. The van der Waals surface area contributed by atoms with Crippen molar-refractivity contribution in [3.05, 3.63) is 53.9 Å². The molecule has 1 aromatic carbocycles. The molecule has 0 aliphatic rings. The number of benzene rings is 1. The topological polar surface area (TPSA) is 55.1 Å². The molecule has 0 fully saturated rings. The van der Waals surface area contributed by atoms with Crippen molar-refractivity contribution in [2.24, 2.45) is 0 Å². The lowest BCUT2D eigenvalue weighted by molar-refractivity contribution is 0.355. The Morgan fingerprint density at radius 2 is 1.95 bits per heavy atom. The van der Waals surface area contributed by atoms with E-state index in [1.807, 2.05) is 24.3 Å². The summed E-state index contributed by atoms with van der Waals surface area (Å²) in [6.45, 7) is 0. The molecule has 0 spiro atoms. The van der Waals surface area contributed by atoms with Gasteiger partial charge in [0.25, 0.3) is 0 Å². The van der Waals surface area contributed by atoms with E-state index in [4.69, 9.17) is 9.47 Å². The average molecular weight is 266 g/mol. The number of methoxy groups -OCH3 is 2. The summed E-state index contributed by atoms with van der Waals surface area (Å²) in [6, 6.07) is 13.1. The Morgan fingerprint density at radius 3 is 2.55 bits per heavy atom. The molecule has 0 unspecified atom stereocenters. The van der Waals surface area contributed by atoms with Crippen molar-refractivity contribution in [1.29, 1.82) is 5.26 Å². The van der Waals surface area contributed by atoms with Gasteiger partial charge in [0.15, 0.2) is 11.5 Å². The predicted octanol–water partition coefficient (Wildman–Crippen LogP) is 3.16. The minimum Gasteiger partial charge on any atom is -0.493 e. The first kappa shape index (κ1) is 13.6. The minimum absolute atomic E-state index is 0.518. The van der Waals surface area contributed by atoms with Gasteiger partial charge in [-0.3, -0.25) is 4.98 Å². The van der Waals surface area contributed by atoms with Gasteiger partial charge in [-0.05, 0) is 42.0 Å². The predicted molar refractivity (Wildman–Crippen MR) is 77.3 cm³/mol. The molecule has 20 heavy (non-hydrogen) atoms. The lowest BCUT2D eigenvalue weighted by Crippen LogP contribution is -1.92. The molecule has 0 bridgehead atoms. The Kier molecular flexibility index (Phi) is 4.35. The van der Waals surface area contributed by atoms with Crippen LogP contribution in [0.3, 0.4) is 0 Å². The minimum atomic E-state index is 0.518. The summed E-state index contributed by atoms with van der Waals surface area (Å²) in [4.78, 5) is 4.18. The van der Waals surface area contributed by atoms with Crippen LogP contribution in [0.25, 0.3) is 11.6 Å². The van der Waals surface area contributed by atoms with Crippen LogP contribution in [0.1, 0.15) is 11.3 Å². The molecule has 4 nitrogen and oxygen atoms in total. The van der Waals surface area contributed by atoms with E-state index in [0.717, 1.165) is 11.3 Å². The van der Waals surface area contributed by atoms with Gasteiger partial charge in [0.05, 0.1) is 31.6 Å². The second-order valence-corrected chi connectivity index (χ2v) is 3.99. The maximum atomic E-state index is 9.31. The van der Waals surface area contributed by atoms with Crippen LogP contribution in [0.5, 0.6) is 11.5 Å². The summed E-state index contributed by atoms with van der Waals surface area (Å²) in [7, 11) is 3.14. The maximum absolute atomic E-state index is 9.31. The van der Waals surface area contributed by atoms with Crippen LogP contribution in [-0.4, -0.2) is 19.2 Å². The molecule has 2 aromatic rings. The molecule has 0 aliphatic carbocycles. The number of allylic oxidation sites excluding steroid dienone is 1. The lowest BCUT2D eigenvalue weighted by atomic mass is 10.0. The van der Waals surface area contributed by atoms with Gasteiger partial charge in [-0.25, -0.2) is 0 Å². The van der Waals surface area contributed by atoms with Crippen LogP contribution in [0.2, 0.25) is 0 Å². The zero-order valence-electron chi connectivity index (χ0n) is 11.3. The fraction of sp³-hybridized carbons (Fsp3) is 0.125. The van der Waals surface area contributed by atoms with Crippen molar-refractivity contribution in [3.63, 3.8) is 0 Å². The van der Waals surface area contributed by atoms with E-state index in [2.05, 4.69) is 11.1 Å². The third-order valence-electron chi connectivity index (χ3n) is 2.79. The Hall–Kier alpha value is -2.80. The first-order valence-corrected chi connectivity index (χ1v) is 6.03. The highest BCUT2D eigenvalue weighted by molar-refractivity contribution is 5.89. The fourth-order valence-electron chi connectivity index (χ4n) is 1.79. The Labute approximate surface area is 117 Å². The van der Waals surface area contributed by atoms with Gasteiger partial charge in [0.1, 0.15) is 0 Å². The Bertz CT molecular complexity index is 658. The molecule has 0 aliphatic heterocycles. The summed E-state index contributed by atoms with van der Waals surface area (Å²) in [5.74, 6) is 1.22. The molecule has 4 heteroatoms. The zero-order chi connectivity index (χ0) is 14.4. The summed E-state index contributed by atoms with van der Waals surface area (Å²) in [6.07, 6.45) is 3.43. The Morgan fingerprint density at radius 1 is 1.15 bits per heavy atom. The first-order chi connectivity index (χ1) is 9.78. The van der Waals surface area contributed by atoms with Crippen molar-refractivity contribution in [3.8, 4) is 17.6 Å². The average Bonchev–Trinajstić information content (AvgIpc) is 2.53. The van der Waals surface area contributed by atoms with Crippen molar-refractivity contribution >= 4 is 11.6 Å². The maximum Gasteiger partial charge on any atom is 0.161 e. The van der Waals surface area contributed by atoms with Crippen LogP contribution in [-0.2, 0) is 0 Å². The van der Waals surface area contributed by atoms with E-state index in [1.54, 1.807) is 38.6 Å². The number of ether oxygens (including phenoxy) is 2. The van der Waals surface area contributed by atoms with Crippen LogP contribution < -0.4 is 9.47 Å². The summed E-state index contributed by atoms with van der Waals surface area (Å²) in [5.41, 5.74) is 2.01. The van der Waals surface area contributed by atoms with Gasteiger partial charge >= 0.3 is 0 Å². The number of nitriles is 1. The molecular formula is C16H14N2O2. The summed E-state index contributed by atoms with van der Waals surface area (Å²) >= 11 is 0.